The van der Waals surface area contributed by atoms with E-state index in [1.807, 2.05) is 0 Å². The van der Waals surface area contributed by atoms with Gasteiger partial charge in [-0.25, -0.2) is 4.39 Å². The lowest BCUT2D eigenvalue weighted by molar-refractivity contribution is 0.0138. The second-order valence-electron chi connectivity index (χ2n) is 7.88. The number of unbranched alkanes of at least 4 members (excludes halogenated alkanes) is 1. The number of nitrogens with zero attached hydrogens (tertiary/aromatic N) is 1. The molecule has 1 aliphatic carbocycles. The molecule has 140 valence electrons. The Balaban J connectivity index is 1.56. The number of rotatable bonds is 7. The van der Waals surface area contributed by atoms with Crippen molar-refractivity contribution in [3.63, 3.8) is 0 Å². The van der Waals surface area contributed by atoms with E-state index in [4.69, 9.17) is 4.52 Å². The summed E-state index contributed by atoms with van der Waals surface area (Å²) in [6.07, 6.45) is 4.93. The van der Waals surface area contributed by atoms with E-state index < -0.39 is 5.82 Å². The van der Waals surface area contributed by atoms with Crippen LogP contribution in [-0.4, -0.2) is 17.1 Å². The van der Waals surface area contributed by atoms with Gasteiger partial charge in [0.05, 0.1) is 5.69 Å². The minimum absolute atomic E-state index is 0.0362. The second kappa shape index (κ2) is 7.60. The van der Waals surface area contributed by atoms with Gasteiger partial charge in [0.1, 0.15) is 11.6 Å². The largest absolute Gasteiger partial charge is 0.361 e. The number of hydrogen-bond acceptors (Lipinski definition) is 3. The highest BCUT2D eigenvalue weighted by molar-refractivity contribution is 5.94. The molecule has 5 heteroatoms. The molecule has 3 rings (SSSR count). The zero-order valence-corrected chi connectivity index (χ0v) is 15.7. The Morgan fingerprint density at radius 2 is 2.19 bits per heavy atom. The fourth-order valence-corrected chi connectivity index (χ4v) is 3.65. The third-order valence-electron chi connectivity index (χ3n) is 5.70. The Morgan fingerprint density at radius 1 is 1.38 bits per heavy atom. The van der Waals surface area contributed by atoms with E-state index in [1.54, 1.807) is 12.1 Å². The molecule has 0 saturated heterocycles. The lowest BCUT2D eigenvalue weighted by Gasteiger charge is -2.52. The summed E-state index contributed by atoms with van der Waals surface area (Å²) >= 11 is 0. The van der Waals surface area contributed by atoms with E-state index >= 15 is 0 Å². The van der Waals surface area contributed by atoms with Crippen molar-refractivity contribution >= 4 is 5.91 Å². The minimum atomic E-state index is -0.395. The molecule has 2 atom stereocenters. The molecular formula is C21H27FN2O2. The van der Waals surface area contributed by atoms with E-state index in [2.05, 4.69) is 37.3 Å². The van der Waals surface area contributed by atoms with Gasteiger partial charge in [0, 0.05) is 24.1 Å². The average molecular weight is 358 g/mol. The van der Waals surface area contributed by atoms with Gasteiger partial charge >= 0.3 is 0 Å². The zero-order chi connectivity index (χ0) is 18.7. The van der Waals surface area contributed by atoms with Crippen LogP contribution in [0.25, 0.3) is 0 Å². The van der Waals surface area contributed by atoms with Crippen LogP contribution in [0.1, 0.15) is 61.8 Å². The molecule has 1 aromatic heterocycles. The summed E-state index contributed by atoms with van der Waals surface area (Å²) in [5, 5.41) is 7.25. The van der Waals surface area contributed by atoms with Crippen LogP contribution in [-0.2, 0) is 12.8 Å². The van der Waals surface area contributed by atoms with Crippen LogP contribution >= 0.6 is 0 Å². The van der Waals surface area contributed by atoms with Crippen LogP contribution in [0.2, 0.25) is 0 Å². The number of aromatic nitrogens is 1. The fourth-order valence-electron chi connectivity index (χ4n) is 3.65. The van der Waals surface area contributed by atoms with E-state index in [-0.39, 0.29) is 17.4 Å². The Labute approximate surface area is 154 Å². The van der Waals surface area contributed by atoms with Gasteiger partial charge in [-0.1, -0.05) is 38.4 Å². The average Bonchev–Trinajstić information content (AvgIpc) is 3.06. The highest BCUT2D eigenvalue weighted by Crippen LogP contribution is 2.47. The van der Waals surface area contributed by atoms with Gasteiger partial charge in [-0.2, -0.15) is 0 Å². The summed E-state index contributed by atoms with van der Waals surface area (Å²) in [7, 11) is 0. The quantitative estimate of drug-likeness (QED) is 0.790. The van der Waals surface area contributed by atoms with Gasteiger partial charge in [-0.3, -0.25) is 4.79 Å². The maximum atomic E-state index is 13.3. The Morgan fingerprint density at radius 3 is 2.88 bits per heavy atom. The first-order valence-electron chi connectivity index (χ1n) is 9.41. The predicted molar refractivity (Wildman–Crippen MR) is 98.4 cm³/mol. The molecular weight excluding hydrogens is 331 g/mol. The lowest BCUT2D eigenvalue weighted by atomic mass is 9.57. The molecule has 0 unspecified atom stereocenters. The van der Waals surface area contributed by atoms with E-state index in [0.29, 0.717) is 11.5 Å². The molecule has 0 radical (unpaired) electrons. The van der Waals surface area contributed by atoms with Crippen molar-refractivity contribution in [2.45, 2.75) is 58.9 Å². The maximum absolute atomic E-state index is 13.3. The molecule has 1 aromatic carbocycles. The van der Waals surface area contributed by atoms with Crippen LogP contribution in [0.4, 0.5) is 4.39 Å². The number of hydrogen-bond donors (Lipinski definition) is 1. The van der Waals surface area contributed by atoms with Crippen molar-refractivity contribution in [1.29, 1.82) is 0 Å². The smallest absolute Gasteiger partial charge is 0.251 e. The van der Waals surface area contributed by atoms with E-state index in [1.165, 1.54) is 12.1 Å². The van der Waals surface area contributed by atoms with Crippen LogP contribution in [0.5, 0.6) is 0 Å². The number of benzene rings is 1. The molecule has 26 heavy (non-hydrogen) atoms. The molecule has 0 bridgehead atoms. The summed E-state index contributed by atoms with van der Waals surface area (Å²) in [5.74, 6) is 0.775. The fraction of sp³-hybridized carbons (Fsp3) is 0.524. The number of aryl methyl sites for hydroxylation is 1. The van der Waals surface area contributed by atoms with E-state index in [0.717, 1.165) is 43.6 Å². The normalized spacial score (nSPS) is 21.2. The highest BCUT2D eigenvalue weighted by Gasteiger charge is 2.48. The molecule has 1 saturated carbocycles. The van der Waals surface area contributed by atoms with Crippen LogP contribution in [0.15, 0.2) is 34.9 Å². The topological polar surface area (TPSA) is 55.1 Å². The Kier molecular flexibility index (Phi) is 5.44. The number of carbonyl (C=O) groups is 1. The number of nitrogens with one attached hydrogen (secondary N) is 1. The van der Waals surface area contributed by atoms with Crippen LogP contribution in [0.3, 0.4) is 0 Å². The Bertz CT molecular complexity index is 769. The van der Waals surface area contributed by atoms with Crippen molar-refractivity contribution < 1.29 is 13.7 Å². The molecule has 1 heterocycles. The highest BCUT2D eigenvalue weighted by atomic mass is 19.1. The maximum Gasteiger partial charge on any atom is 0.251 e. The van der Waals surface area contributed by atoms with Gasteiger partial charge in [-0.15, -0.1) is 0 Å². The van der Waals surface area contributed by atoms with Crippen molar-refractivity contribution in [3.8, 4) is 0 Å². The van der Waals surface area contributed by atoms with Crippen molar-refractivity contribution in [2.24, 2.45) is 11.3 Å². The summed E-state index contributed by atoms with van der Waals surface area (Å²) in [5.41, 5.74) is 1.32. The second-order valence-corrected chi connectivity index (χ2v) is 7.88. The molecule has 2 aromatic rings. The molecule has 1 amide bonds. The monoisotopic (exact) mass is 358 g/mol. The SMILES string of the molecule is CCCCc1cc(C[C@@H]2C[C@H](NC(=O)c3cccc(F)c3)C2(C)C)no1. The van der Waals surface area contributed by atoms with Gasteiger partial charge in [0.15, 0.2) is 0 Å². The van der Waals surface area contributed by atoms with Crippen LogP contribution < -0.4 is 5.32 Å². The number of carbonyl (C=O) groups excluding carboxylic acids is 1. The lowest BCUT2D eigenvalue weighted by Crippen LogP contribution is -2.58. The van der Waals surface area contributed by atoms with Crippen molar-refractivity contribution in [3.05, 3.63) is 53.2 Å². The first-order chi connectivity index (χ1) is 12.4. The first kappa shape index (κ1) is 18.6. The van der Waals surface area contributed by atoms with Gasteiger partial charge in [0.2, 0.25) is 0 Å². The third kappa shape index (κ3) is 3.97. The number of amides is 1. The summed E-state index contributed by atoms with van der Waals surface area (Å²) < 4.78 is 18.7. The van der Waals surface area contributed by atoms with E-state index in [9.17, 15) is 9.18 Å². The molecule has 1 aliphatic rings. The summed E-state index contributed by atoms with van der Waals surface area (Å²) in [6, 6.07) is 7.94. The molecule has 0 aliphatic heterocycles. The van der Waals surface area contributed by atoms with Gasteiger partial charge in [-0.05, 0) is 48.8 Å². The third-order valence-corrected chi connectivity index (χ3v) is 5.70. The molecule has 1 N–H and O–H groups in total. The molecule has 0 spiro atoms. The van der Waals surface area contributed by atoms with Crippen molar-refractivity contribution in [2.75, 3.05) is 0 Å². The Hall–Kier alpha value is -2.17. The van der Waals surface area contributed by atoms with Gasteiger partial charge < -0.3 is 9.84 Å². The molecule has 1 fully saturated rings. The first-order valence-corrected chi connectivity index (χ1v) is 9.41. The summed E-state index contributed by atoms with van der Waals surface area (Å²) in [4.78, 5) is 12.4. The van der Waals surface area contributed by atoms with Gasteiger partial charge in [0.25, 0.3) is 5.91 Å². The standard InChI is InChI=1S/C21H27FN2O2/c1-4-5-9-18-13-17(24-26-18)11-15-12-19(21(15,2)3)23-20(25)14-7-6-8-16(22)10-14/h6-8,10,13,15,19H,4-5,9,11-12H2,1-3H3,(H,23,25)/t15-,19+/m1/s1. The van der Waals surface area contributed by atoms with Crippen molar-refractivity contribution in [1.82, 2.24) is 10.5 Å². The predicted octanol–water partition coefficient (Wildman–Crippen LogP) is 4.54. The van der Waals surface area contributed by atoms with Crippen LogP contribution in [0, 0.1) is 17.2 Å². The summed E-state index contributed by atoms with van der Waals surface area (Å²) in [6.45, 7) is 6.48. The molecule has 4 nitrogen and oxygen atoms in total. The number of halogens is 1. The minimum Gasteiger partial charge on any atom is -0.361 e. The zero-order valence-electron chi connectivity index (χ0n) is 15.7.